The lowest BCUT2D eigenvalue weighted by atomic mass is 10.2. The summed E-state index contributed by atoms with van der Waals surface area (Å²) in [5, 5.41) is 12.3. The van der Waals surface area contributed by atoms with Gasteiger partial charge in [0, 0.05) is 11.6 Å². The third-order valence-corrected chi connectivity index (χ3v) is 5.01. The highest BCUT2D eigenvalue weighted by atomic mass is 35.5. The van der Waals surface area contributed by atoms with Crippen LogP contribution in [0.3, 0.4) is 0 Å². The molecule has 0 radical (unpaired) electrons. The van der Waals surface area contributed by atoms with Gasteiger partial charge < -0.3 is 19.9 Å². The molecule has 0 bridgehead atoms. The maximum Gasteiger partial charge on any atom is 0.279 e. The van der Waals surface area contributed by atoms with Crippen LogP contribution in [0.4, 0.5) is 5.69 Å². The molecule has 2 N–H and O–H groups in total. The molecule has 2 heterocycles. The van der Waals surface area contributed by atoms with Crippen molar-refractivity contribution in [3.05, 3.63) is 28.8 Å². The Morgan fingerprint density at radius 3 is 2.81 bits per heavy atom. The first-order chi connectivity index (χ1) is 12.6. The van der Waals surface area contributed by atoms with Crippen molar-refractivity contribution < 1.29 is 19.2 Å². The van der Waals surface area contributed by atoms with E-state index < -0.39 is 0 Å². The quantitative estimate of drug-likeness (QED) is 0.776. The molecule has 0 unspecified atom stereocenters. The number of quaternary nitrogens is 1. The van der Waals surface area contributed by atoms with Crippen LogP contribution in [-0.2, 0) is 14.3 Å². The van der Waals surface area contributed by atoms with E-state index in [0.717, 1.165) is 17.7 Å². The minimum atomic E-state index is -0.285. The van der Waals surface area contributed by atoms with Gasteiger partial charge in [-0.1, -0.05) is 11.6 Å². The number of hydrogen-bond acceptors (Lipinski definition) is 4. The predicted molar refractivity (Wildman–Crippen MR) is 95.9 cm³/mol. The van der Waals surface area contributed by atoms with Gasteiger partial charge in [-0.15, -0.1) is 0 Å². The first-order valence-corrected chi connectivity index (χ1v) is 9.18. The maximum absolute atomic E-state index is 12.3. The van der Waals surface area contributed by atoms with Gasteiger partial charge in [-0.3, -0.25) is 9.59 Å². The van der Waals surface area contributed by atoms with Crippen LogP contribution in [0.2, 0.25) is 5.02 Å². The Bertz CT molecular complexity index is 720. The zero-order valence-corrected chi connectivity index (χ0v) is 15.2. The molecule has 138 valence electrons. The number of benzene rings is 1. The lowest BCUT2D eigenvalue weighted by molar-refractivity contribution is -0.895. The number of halogens is 1. The maximum atomic E-state index is 12.3. The fraction of sp³-hybridized carbons (Fsp3) is 0.500. The number of carbonyl (C=O) groups excluding carboxylic acids is 2. The first kappa shape index (κ1) is 18.6. The molecule has 0 spiro atoms. The van der Waals surface area contributed by atoms with Gasteiger partial charge in [-0.05, 0) is 31.0 Å². The number of piperazine rings is 1. The summed E-state index contributed by atoms with van der Waals surface area (Å²) in [6, 6.07) is 6.82. The summed E-state index contributed by atoms with van der Waals surface area (Å²) in [5.41, 5.74) is 0.807. The molecule has 2 amide bonds. The molecule has 2 saturated heterocycles. The van der Waals surface area contributed by atoms with Crippen molar-refractivity contribution in [3.8, 4) is 6.07 Å². The highest BCUT2D eigenvalue weighted by Gasteiger charge is 2.32. The van der Waals surface area contributed by atoms with Gasteiger partial charge >= 0.3 is 0 Å². The molecule has 1 atom stereocenters. The number of ether oxygens (including phenoxy) is 1. The molecule has 7 nitrogen and oxygen atoms in total. The Balaban J connectivity index is 1.48. The van der Waals surface area contributed by atoms with E-state index in [0.29, 0.717) is 55.6 Å². The molecular weight excluding hydrogens is 356 g/mol. The van der Waals surface area contributed by atoms with Gasteiger partial charge in [-0.2, -0.15) is 5.26 Å². The van der Waals surface area contributed by atoms with E-state index in [-0.39, 0.29) is 17.9 Å². The summed E-state index contributed by atoms with van der Waals surface area (Å²) in [7, 11) is 0. The lowest BCUT2D eigenvalue weighted by Crippen LogP contribution is -3.15. The van der Waals surface area contributed by atoms with E-state index in [1.165, 1.54) is 0 Å². The smallest absolute Gasteiger partial charge is 0.279 e. The Labute approximate surface area is 157 Å². The average Bonchev–Trinajstić information content (AvgIpc) is 3.16. The largest absolute Gasteiger partial charge is 0.368 e. The summed E-state index contributed by atoms with van der Waals surface area (Å²) >= 11 is 5.94. The molecule has 0 saturated carbocycles. The standard InChI is InChI=1S/C18H21ClN4O3/c19-14-4-3-13(11-20)15(10-14)21-17(24)12-22-5-7-23(8-6-22)18(25)16-2-1-9-26-16/h3-4,10,16H,1-2,5-9,12H2,(H,21,24)/p+1/t16-/m1/s1. The lowest BCUT2D eigenvalue weighted by Gasteiger charge is -2.33. The van der Waals surface area contributed by atoms with Gasteiger partial charge in [0.1, 0.15) is 12.2 Å². The van der Waals surface area contributed by atoms with Gasteiger partial charge in [-0.25, -0.2) is 0 Å². The minimum absolute atomic E-state index is 0.0728. The van der Waals surface area contributed by atoms with Crippen LogP contribution in [0.15, 0.2) is 18.2 Å². The van der Waals surface area contributed by atoms with Crippen LogP contribution in [-0.4, -0.2) is 62.1 Å². The molecule has 1 aromatic carbocycles. The summed E-state index contributed by atoms with van der Waals surface area (Å²) in [6.45, 7) is 3.64. The van der Waals surface area contributed by atoms with E-state index in [9.17, 15) is 9.59 Å². The molecule has 2 fully saturated rings. The Morgan fingerprint density at radius 2 is 2.15 bits per heavy atom. The summed E-state index contributed by atoms with van der Waals surface area (Å²) in [6.07, 6.45) is 1.46. The van der Waals surface area contributed by atoms with Gasteiger partial charge in [0.25, 0.3) is 11.8 Å². The van der Waals surface area contributed by atoms with E-state index in [1.54, 1.807) is 18.2 Å². The average molecular weight is 378 g/mol. The second-order valence-corrected chi connectivity index (χ2v) is 7.04. The Hall–Kier alpha value is -2.14. The van der Waals surface area contributed by atoms with Crippen molar-refractivity contribution >= 4 is 29.1 Å². The van der Waals surface area contributed by atoms with E-state index in [1.807, 2.05) is 11.0 Å². The molecule has 2 aliphatic rings. The molecule has 26 heavy (non-hydrogen) atoms. The normalized spacial score (nSPS) is 20.6. The van der Waals surface area contributed by atoms with Gasteiger partial charge in [0.05, 0.1) is 37.4 Å². The second kappa shape index (κ2) is 8.49. The fourth-order valence-corrected chi connectivity index (χ4v) is 3.51. The molecule has 3 rings (SSSR count). The summed E-state index contributed by atoms with van der Waals surface area (Å²) < 4.78 is 5.46. The van der Waals surface area contributed by atoms with Crippen LogP contribution in [0, 0.1) is 11.3 Å². The zero-order chi connectivity index (χ0) is 18.5. The van der Waals surface area contributed by atoms with Crippen LogP contribution in [0.5, 0.6) is 0 Å². The Morgan fingerprint density at radius 1 is 1.38 bits per heavy atom. The number of nitrogens with one attached hydrogen (secondary N) is 2. The van der Waals surface area contributed by atoms with Crippen LogP contribution in [0.1, 0.15) is 18.4 Å². The first-order valence-electron chi connectivity index (χ1n) is 8.80. The third kappa shape index (κ3) is 4.52. The van der Waals surface area contributed by atoms with Gasteiger partial charge in [0.15, 0.2) is 6.54 Å². The van der Waals surface area contributed by atoms with Crippen molar-refractivity contribution in [2.24, 2.45) is 0 Å². The monoisotopic (exact) mass is 377 g/mol. The highest BCUT2D eigenvalue weighted by Crippen LogP contribution is 2.20. The molecule has 0 aromatic heterocycles. The van der Waals surface area contributed by atoms with Crippen molar-refractivity contribution in [2.75, 3.05) is 44.6 Å². The number of hydrogen-bond donors (Lipinski definition) is 2. The van der Waals surface area contributed by atoms with E-state index in [2.05, 4.69) is 5.32 Å². The number of amides is 2. The van der Waals surface area contributed by atoms with Crippen LogP contribution in [0.25, 0.3) is 0 Å². The molecule has 2 aliphatic heterocycles. The molecular formula is C18H22ClN4O3+. The van der Waals surface area contributed by atoms with E-state index >= 15 is 0 Å². The SMILES string of the molecule is N#Cc1ccc(Cl)cc1NC(=O)C[NH+]1CCN(C(=O)[C@H]2CCCO2)CC1. The minimum Gasteiger partial charge on any atom is -0.368 e. The molecule has 8 heteroatoms. The second-order valence-electron chi connectivity index (χ2n) is 6.60. The zero-order valence-electron chi connectivity index (χ0n) is 14.5. The van der Waals surface area contributed by atoms with Gasteiger partial charge in [0.2, 0.25) is 0 Å². The molecule has 1 aromatic rings. The highest BCUT2D eigenvalue weighted by molar-refractivity contribution is 6.31. The van der Waals surface area contributed by atoms with Crippen molar-refractivity contribution in [2.45, 2.75) is 18.9 Å². The van der Waals surface area contributed by atoms with Crippen molar-refractivity contribution in [1.82, 2.24) is 4.90 Å². The topological polar surface area (TPSA) is 86.9 Å². The number of nitrogens with zero attached hydrogens (tertiary/aromatic N) is 2. The van der Waals surface area contributed by atoms with Crippen LogP contribution < -0.4 is 10.2 Å². The van der Waals surface area contributed by atoms with Crippen molar-refractivity contribution in [1.29, 1.82) is 5.26 Å². The predicted octanol–water partition coefficient (Wildman–Crippen LogP) is 0.0563. The fourth-order valence-electron chi connectivity index (χ4n) is 3.34. The van der Waals surface area contributed by atoms with Crippen LogP contribution >= 0.6 is 11.6 Å². The summed E-state index contributed by atoms with van der Waals surface area (Å²) in [4.78, 5) is 27.6. The Kier molecular flexibility index (Phi) is 6.09. The number of nitriles is 1. The number of anilines is 1. The van der Waals surface area contributed by atoms with E-state index in [4.69, 9.17) is 21.6 Å². The summed E-state index contributed by atoms with van der Waals surface area (Å²) in [5.74, 6) is -0.0961. The number of carbonyl (C=O) groups is 2. The molecule has 0 aliphatic carbocycles. The number of rotatable bonds is 4. The van der Waals surface area contributed by atoms with Crippen molar-refractivity contribution in [3.63, 3.8) is 0 Å². The third-order valence-electron chi connectivity index (χ3n) is 4.77.